The highest BCUT2D eigenvalue weighted by molar-refractivity contribution is 7.91. The van der Waals surface area contributed by atoms with Crippen molar-refractivity contribution in [1.29, 1.82) is 0 Å². The second-order valence-electron chi connectivity index (χ2n) is 6.58. The van der Waals surface area contributed by atoms with E-state index in [4.69, 9.17) is 4.42 Å². The molecule has 0 spiro atoms. The SMILES string of the molecule is O=C(NCCCS(=O)(=O)c1ccccc1)c1ccc(CS(=O)(=O)c2ccccc2)o1. The van der Waals surface area contributed by atoms with E-state index in [0.29, 0.717) is 0 Å². The summed E-state index contributed by atoms with van der Waals surface area (Å²) in [6, 6.07) is 18.9. The summed E-state index contributed by atoms with van der Waals surface area (Å²) >= 11 is 0. The Morgan fingerprint density at radius 1 is 0.767 bits per heavy atom. The van der Waals surface area contributed by atoms with Crippen LogP contribution in [0.5, 0.6) is 0 Å². The Labute approximate surface area is 175 Å². The lowest BCUT2D eigenvalue weighted by atomic mass is 10.4. The number of amides is 1. The summed E-state index contributed by atoms with van der Waals surface area (Å²) in [4.78, 5) is 12.6. The number of hydrogen-bond acceptors (Lipinski definition) is 6. The number of sulfone groups is 2. The molecule has 0 atom stereocenters. The molecule has 1 heterocycles. The van der Waals surface area contributed by atoms with Gasteiger partial charge in [0.15, 0.2) is 25.4 Å². The molecule has 3 aromatic rings. The Morgan fingerprint density at radius 3 is 1.93 bits per heavy atom. The van der Waals surface area contributed by atoms with Crippen LogP contribution in [0.3, 0.4) is 0 Å². The predicted octanol–water partition coefficient (Wildman–Crippen LogP) is 2.85. The Hall–Kier alpha value is -2.91. The van der Waals surface area contributed by atoms with Crippen LogP contribution in [0.2, 0.25) is 0 Å². The smallest absolute Gasteiger partial charge is 0.286 e. The number of carbonyl (C=O) groups is 1. The van der Waals surface area contributed by atoms with Crippen LogP contribution in [0.1, 0.15) is 22.7 Å². The van der Waals surface area contributed by atoms with E-state index in [2.05, 4.69) is 5.32 Å². The molecule has 0 saturated heterocycles. The van der Waals surface area contributed by atoms with Gasteiger partial charge in [0.1, 0.15) is 11.5 Å². The molecule has 0 unspecified atom stereocenters. The molecule has 30 heavy (non-hydrogen) atoms. The second-order valence-corrected chi connectivity index (χ2v) is 10.7. The second kappa shape index (κ2) is 9.27. The fraction of sp³-hybridized carbons (Fsp3) is 0.190. The van der Waals surface area contributed by atoms with Gasteiger partial charge in [-0.05, 0) is 42.8 Å². The zero-order chi connectivity index (χ0) is 21.6. The van der Waals surface area contributed by atoms with Crippen molar-refractivity contribution >= 4 is 25.6 Å². The maximum absolute atomic E-state index is 12.4. The Kier molecular flexibility index (Phi) is 6.73. The maximum Gasteiger partial charge on any atom is 0.286 e. The van der Waals surface area contributed by atoms with Gasteiger partial charge in [0.25, 0.3) is 5.91 Å². The maximum atomic E-state index is 12.4. The van der Waals surface area contributed by atoms with Crippen LogP contribution in [0.25, 0.3) is 0 Å². The van der Waals surface area contributed by atoms with Crippen LogP contribution in [-0.2, 0) is 25.4 Å². The largest absolute Gasteiger partial charge is 0.455 e. The van der Waals surface area contributed by atoms with Gasteiger partial charge in [-0.2, -0.15) is 0 Å². The number of carbonyl (C=O) groups excluding carboxylic acids is 1. The third kappa shape index (κ3) is 5.58. The first-order valence-electron chi connectivity index (χ1n) is 9.20. The number of nitrogens with one attached hydrogen (secondary N) is 1. The Bertz CT molecular complexity index is 1200. The molecule has 0 bridgehead atoms. The lowest BCUT2D eigenvalue weighted by Gasteiger charge is -2.05. The van der Waals surface area contributed by atoms with Crippen molar-refractivity contribution in [2.24, 2.45) is 0 Å². The summed E-state index contributed by atoms with van der Waals surface area (Å²) < 4.78 is 54.6. The molecule has 0 fully saturated rings. The van der Waals surface area contributed by atoms with E-state index in [1.54, 1.807) is 36.4 Å². The summed E-state index contributed by atoms with van der Waals surface area (Å²) in [7, 11) is -6.99. The average molecular weight is 448 g/mol. The molecule has 0 aliphatic heterocycles. The van der Waals surface area contributed by atoms with Gasteiger partial charge in [-0.15, -0.1) is 0 Å². The molecule has 0 aliphatic carbocycles. The van der Waals surface area contributed by atoms with Crippen molar-refractivity contribution in [1.82, 2.24) is 5.32 Å². The number of hydrogen-bond donors (Lipinski definition) is 1. The molecule has 9 heteroatoms. The molecule has 1 amide bonds. The van der Waals surface area contributed by atoms with Crippen molar-refractivity contribution in [3.05, 3.63) is 84.3 Å². The molecule has 1 N–H and O–H groups in total. The zero-order valence-electron chi connectivity index (χ0n) is 16.0. The minimum Gasteiger partial charge on any atom is -0.455 e. The third-order valence-corrected chi connectivity index (χ3v) is 7.77. The monoisotopic (exact) mass is 447 g/mol. The van der Waals surface area contributed by atoms with Crippen molar-refractivity contribution in [2.45, 2.75) is 22.0 Å². The molecule has 2 aromatic carbocycles. The normalized spacial score (nSPS) is 11.9. The Balaban J connectivity index is 1.52. The van der Waals surface area contributed by atoms with E-state index in [9.17, 15) is 21.6 Å². The fourth-order valence-electron chi connectivity index (χ4n) is 2.77. The topological polar surface area (TPSA) is 111 Å². The van der Waals surface area contributed by atoms with E-state index in [1.807, 2.05) is 0 Å². The van der Waals surface area contributed by atoms with Gasteiger partial charge in [0.05, 0.1) is 15.5 Å². The highest BCUT2D eigenvalue weighted by Crippen LogP contribution is 2.18. The van der Waals surface area contributed by atoms with Gasteiger partial charge in [0.2, 0.25) is 0 Å². The standard InChI is InChI=1S/C21H21NO6S2/c23-21(22-14-7-15-29(24,25)18-8-3-1-4-9-18)20-13-12-17(28-20)16-30(26,27)19-10-5-2-6-11-19/h1-6,8-13H,7,14-16H2,(H,22,23). The minimum absolute atomic E-state index is 0.0285. The quantitative estimate of drug-likeness (QED) is 0.505. The zero-order valence-corrected chi connectivity index (χ0v) is 17.7. The first kappa shape index (κ1) is 21.8. The number of furan rings is 1. The lowest BCUT2D eigenvalue weighted by molar-refractivity contribution is 0.0924. The van der Waals surface area contributed by atoms with Crippen LogP contribution in [0.4, 0.5) is 0 Å². The minimum atomic E-state index is -3.58. The molecule has 7 nitrogen and oxygen atoms in total. The van der Waals surface area contributed by atoms with Crippen LogP contribution >= 0.6 is 0 Å². The van der Waals surface area contributed by atoms with E-state index < -0.39 is 25.6 Å². The van der Waals surface area contributed by atoms with Crippen molar-refractivity contribution in [3.8, 4) is 0 Å². The summed E-state index contributed by atoms with van der Waals surface area (Å²) in [5.41, 5.74) is 0. The summed E-state index contributed by atoms with van der Waals surface area (Å²) in [5.74, 6) is -0.874. The van der Waals surface area contributed by atoms with Gasteiger partial charge < -0.3 is 9.73 Å². The van der Waals surface area contributed by atoms with E-state index in [1.165, 1.54) is 36.4 Å². The van der Waals surface area contributed by atoms with Gasteiger partial charge in [-0.25, -0.2) is 16.8 Å². The molecular weight excluding hydrogens is 426 g/mol. The van der Waals surface area contributed by atoms with Gasteiger partial charge in [0, 0.05) is 6.54 Å². The van der Waals surface area contributed by atoms with Crippen molar-refractivity contribution in [3.63, 3.8) is 0 Å². The van der Waals surface area contributed by atoms with Crippen molar-refractivity contribution in [2.75, 3.05) is 12.3 Å². The van der Waals surface area contributed by atoms with E-state index in [0.717, 1.165) is 0 Å². The molecule has 158 valence electrons. The van der Waals surface area contributed by atoms with Crippen LogP contribution in [0, 0.1) is 0 Å². The molecular formula is C21H21NO6S2. The number of benzene rings is 2. The van der Waals surface area contributed by atoms with Crippen LogP contribution < -0.4 is 5.32 Å². The third-order valence-electron chi connectivity index (χ3n) is 4.30. The molecule has 1 aromatic heterocycles. The molecule has 0 saturated carbocycles. The molecule has 0 radical (unpaired) electrons. The van der Waals surface area contributed by atoms with Gasteiger partial charge in [-0.1, -0.05) is 36.4 Å². The molecule has 0 aliphatic rings. The highest BCUT2D eigenvalue weighted by Gasteiger charge is 2.19. The summed E-state index contributed by atoms with van der Waals surface area (Å²) in [6.07, 6.45) is 0.235. The van der Waals surface area contributed by atoms with Crippen LogP contribution in [0.15, 0.2) is 87.0 Å². The summed E-state index contributed by atoms with van der Waals surface area (Å²) in [5, 5.41) is 2.58. The van der Waals surface area contributed by atoms with E-state index in [-0.39, 0.29) is 45.8 Å². The van der Waals surface area contributed by atoms with Crippen molar-refractivity contribution < 1.29 is 26.0 Å². The summed E-state index contributed by atoms with van der Waals surface area (Å²) in [6.45, 7) is 0.142. The van der Waals surface area contributed by atoms with Gasteiger partial charge in [-0.3, -0.25) is 4.79 Å². The average Bonchev–Trinajstić information content (AvgIpc) is 3.20. The van der Waals surface area contributed by atoms with Crippen LogP contribution in [-0.4, -0.2) is 35.0 Å². The van der Waals surface area contributed by atoms with E-state index >= 15 is 0 Å². The first-order valence-corrected chi connectivity index (χ1v) is 12.5. The predicted molar refractivity (Wildman–Crippen MR) is 111 cm³/mol. The van der Waals surface area contributed by atoms with Gasteiger partial charge >= 0.3 is 0 Å². The lowest BCUT2D eigenvalue weighted by Crippen LogP contribution is -2.25. The fourth-order valence-corrected chi connectivity index (χ4v) is 5.37. The highest BCUT2D eigenvalue weighted by atomic mass is 32.2. The molecule has 3 rings (SSSR count). The number of rotatable bonds is 9. The Morgan fingerprint density at radius 2 is 1.33 bits per heavy atom. The first-order chi connectivity index (χ1) is 14.3.